The Bertz CT molecular complexity index is 276. The first-order chi connectivity index (χ1) is 8.17. The maximum absolute atomic E-state index is 11.2. The van der Waals surface area contributed by atoms with Gasteiger partial charge in [0, 0.05) is 39.1 Å². The van der Waals surface area contributed by atoms with E-state index in [0.29, 0.717) is 19.6 Å². The van der Waals surface area contributed by atoms with Gasteiger partial charge in [-0.25, -0.2) is 0 Å². The van der Waals surface area contributed by atoms with Crippen molar-refractivity contribution in [3.05, 3.63) is 0 Å². The summed E-state index contributed by atoms with van der Waals surface area (Å²) in [5, 5.41) is 9.21. The Morgan fingerprint density at radius 2 is 2.06 bits per heavy atom. The molecule has 0 aromatic heterocycles. The summed E-state index contributed by atoms with van der Waals surface area (Å²) in [6.45, 7) is 5.43. The SMILES string of the molecule is CCC(C(=O)O)N1CCOC2(CCOCC2)C1.Cl. The Labute approximate surface area is 114 Å². The second kappa shape index (κ2) is 6.70. The van der Waals surface area contributed by atoms with E-state index in [-0.39, 0.29) is 24.0 Å². The smallest absolute Gasteiger partial charge is 0.320 e. The standard InChI is InChI=1S/C12H21NO4.ClH/c1-2-10(11(14)15)13-5-8-17-12(9-13)3-6-16-7-4-12;/h10H,2-9H2,1H3,(H,14,15);1H. The average Bonchev–Trinajstić information content (AvgIpc) is 2.30. The molecule has 0 aromatic carbocycles. The van der Waals surface area contributed by atoms with Crippen molar-refractivity contribution in [3.63, 3.8) is 0 Å². The number of morpholine rings is 1. The number of nitrogens with zero attached hydrogens (tertiary/aromatic N) is 1. The fourth-order valence-corrected chi connectivity index (χ4v) is 2.78. The molecule has 0 aromatic rings. The van der Waals surface area contributed by atoms with Gasteiger partial charge in [-0.05, 0) is 6.42 Å². The van der Waals surface area contributed by atoms with Crippen molar-refractivity contribution in [1.29, 1.82) is 0 Å². The summed E-state index contributed by atoms with van der Waals surface area (Å²) in [4.78, 5) is 13.2. The van der Waals surface area contributed by atoms with Crippen LogP contribution < -0.4 is 0 Å². The quantitative estimate of drug-likeness (QED) is 0.840. The first-order valence-electron chi connectivity index (χ1n) is 6.35. The third kappa shape index (κ3) is 3.35. The van der Waals surface area contributed by atoms with Gasteiger partial charge in [0.15, 0.2) is 0 Å². The molecule has 1 atom stereocenters. The van der Waals surface area contributed by atoms with Crippen molar-refractivity contribution in [2.45, 2.75) is 37.8 Å². The van der Waals surface area contributed by atoms with Crippen LogP contribution in [0.4, 0.5) is 0 Å². The lowest BCUT2D eigenvalue weighted by Crippen LogP contribution is -2.58. The molecule has 2 fully saturated rings. The maximum Gasteiger partial charge on any atom is 0.320 e. The molecule has 2 saturated heterocycles. The Morgan fingerprint density at radius 1 is 1.39 bits per heavy atom. The first kappa shape index (κ1) is 15.7. The van der Waals surface area contributed by atoms with Crippen molar-refractivity contribution < 1.29 is 19.4 Å². The minimum atomic E-state index is -0.725. The molecule has 18 heavy (non-hydrogen) atoms. The average molecular weight is 280 g/mol. The van der Waals surface area contributed by atoms with Gasteiger partial charge in [-0.3, -0.25) is 9.69 Å². The minimum Gasteiger partial charge on any atom is -0.480 e. The largest absolute Gasteiger partial charge is 0.480 e. The van der Waals surface area contributed by atoms with Crippen molar-refractivity contribution in [2.24, 2.45) is 0 Å². The lowest BCUT2D eigenvalue weighted by atomic mass is 9.91. The molecular formula is C12H22ClNO4. The Hall–Kier alpha value is -0.360. The Balaban J connectivity index is 0.00000162. The van der Waals surface area contributed by atoms with E-state index in [1.165, 1.54) is 0 Å². The summed E-state index contributed by atoms with van der Waals surface area (Å²) in [5.74, 6) is -0.725. The van der Waals surface area contributed by atoms with Crippen LogP contribution in [0, 0.1) is 0 Å². The van der Waals surface area contributed by atoms with Crippen LogP contribution in [0.25, 0.3) is 0 Å². The van der Waals surface area contributed by atoms with Gasteiger partial charge in [-0.15, -0.1) is 12.4 Å². The van der Waals surface area contributed by atoms with Gasteiger partial charge in [0.25, 0.3) is 0 Å². The number of hydrogen-bond acceptors (Lipinski definition) is 4. The molecule has 2 heterocycles. The molecule has 106 valence electrons. The van der Waals surface area contributed by atoms with E-state index in [1.807, 2.05) is 6.92 Å². The minimum absolute atomic E-state index is 0. The summed E-state index contributed by atoms with van der Waals surface area (Å²) in [7, 11) is 0. The van der Waals surface area contributed by atoms with Crippen LogP contribution >= 0.6 is 12.4 Å². The molecule has 0 amide bonds. The van der Waals surface area contributed by atoms with Crippen LogP contribution in [0.2, 0.25) is 0 Å². The summed E-state index contributed by atoms with van der Waals surface area (Å²) in [6.07, 6.45) is 2.39. The van der Waals surface area contributed by atoms with Gasteiger partial charge in [0.2, 0.25) is 0 Å². The van der Waals surface area contributed by atoms with E-state index in [0.717, 1.165) is 32.6 Å². The summed E-state index contributed by atoms with van der Waals surface area (Å²) in [5.41, 5.74) is -0.167. The molecule has 0 bridgehead atoms. The van der Waals surface area contributed by atoms with Crippen molar-refractivity contribution in [1.82, 2.24) is 4.90 Å². The van der Waals surface area contributed by atoms with Crippen LogP contribution in [0.3, 0.4) is 0 Å². The first-order valence-corrected chi connectivity index (χ1v) is 6.35. The number of carbonyl (C=O) groups is 1. The second-order valence-corrected chi connectivity index (χ2v) is 4.88. The second-order valence-electron chi connectivity index (χ2n) is 4.88. The molecule has 6 heteroatoms. The highest BCUT2D eigenvalue weighted by atomic mass is 35.5. The molecule has 1 spiro atoms. The molecule has 5 nitrogen and oxygen atoms in total. The monoisotopic (exact) mass is 279 g/mol. The molecule has 2 aliphatic heterocycles. The highest BCUT2D eigenvalue weighted by molar-refractivity contribution is 5.85. The van der Waals surface area contributed by atoms with E-state index < -0.39 is 5.97 Å². The molecule has 0 radical (unpaired) electrons. The molecule has 1 N–H and O–H groups in total. The predicted octanol–water partition coefficient (Wildman–Crippen LogP) is 1.15. The summed E-state index contributed by atoms with van der Waals surface area (Å²) >= 11 is 0. The third-order valence-corrected chi connectivity index (χ3v) is 3.79. The zero-order chi connectivity index (χ0) is 12.3. The summed E-state index contributed by atoms with van der Waals surface area (Å²) < 4.78 is 11.2. The lowest BCUT2D eigenvalue weighted by Gasteiger charge is -2.46. The highest BCUT2D eigenvalue weighted by Crippen LogP contribution is 2.30. The van der Waals surface area contributed by atoms with Gasteiger partial charge in [-0.2, -0.15) is 0 Å². The number of ether oxygens (including phenoxy) is 2. The molecule has 0 saturated carbocycles. The Kier molecular flexibility index (Phi) is 5.85. The van der Waals surface area contributed by atoms with E-state index >= 15 is 0 Å². The van der Waals surface area contributed by atoms with Crippen LogP contribution in [-0.2, 0) is 14.3 Å². The van der Waals surface area contributed by atoms with Crippen molar-refractivity contribution in [3.8, 4) is 0 Å². The van der Waals surface area contributed by atoms with E-state index in [1.54, 1.807) is 0 Å². The third-order valence-electron chi connectivity index (χ3n) is 3.79. The number of rotatable bonds is 3. The normalized spacial score (nSPS) is 25.4. The Morgan fingerprint density at radius 3 is 2.61 bits per heavy atom. The maximum atomic E-state index is 11.2. The molecular weight excluding hydrogens is 258 g/mol. The van der Waals surface area contributed by atoms with E-state index in [2.05, 4.69) is 4.90 Å². The van der Waals surface area contributed by atoms with Crippen LogP contribution in [0.15, 0.2) is 0 Å². The molecule has 0 aliphatic carbocycles. The lowest BCUT2D eigenvalue weighted by molar-refractivity contribution is -0.170. The number of carboxylic acid groups (broad SMARTS) is 1. The van der Waals surface area contributed by atoms with E-state index in [4.69, 9.17) is 9.47 Å². The molecule has 1 unspecified atom stereocenters. The fraction of sp³-hybridized carbons (Fsp3) is 0.917. The zero-order valence-electron chi connectivity index (χ0n) is 10.8. The number of carboxylic acids is 1. The number of aliphatic carboxylic acids is 1. The fourth-order valence-electron chi connectivity index (χ4n) is 2.78. The molecule has 2 rings (SSSR count). The zero-order valence-corrected chi connectivity index (χ0v) is 11.6. The highest BCUT2D eigenvalue weighted by Gasteiger charge is 2.41. The van der Waals surface area contributed by atoms with Crippen molar-refractivity contribution >= 4 is 18.4 Å². The van der Waals surface area contributed by atoms with Gasteiger partial charge in [-0.1, -0.05) is 6.92 Å². The number of hydrogen-bond donors (Lipinski definition) is 1. The summed E-state index contributed by atoms with van der Waals surface area (Å²) in [6, 6.07) is -0.376. The van der Waals surface area contributed by atoms with Crippen LogP contribution in [0.5, 0.6) is 0 Å². The predicted molar refractivity (Wildman–Crippen MR) is 69.3 cm³/mol. The van der Waals surface area contributed by atoms with Gasteiger partial charge in [0.1, 0.15) is 6.04 Å². The van der Waals surface area contributed by atoms with E-state index in [9.17, 15) is 9.90 Å². The topological polar surface area (TPSA) is 59.0 Å². The number of halogens is 1. The van der Waals surface area contributed by atoms with Gasteiger partial charge >= 0.3 is 5.97 Å². The van der Waals surface area contributed by atoms with Crippen LogP contribution in [-0.4, -0.2) is 60.5 Å². The van der Waals surface area contributed by atoms with Gasteiger partial charge in [0.05, 0.1) is 12.2 Å². The van der Waals surface area contributed by atoms with Crippen LogP contribution in [0.1, 0.15) is 26.2 Å². The van der Waals surface area contributed by atoms with Crippen molar-refractivity contribution in [2.75, 3.05) is 32.9 Å². The molecule has 2 aliphatic rings. The van der Waals surface area contributed by atoms with Gasteiger partial charge < -0.3 is 14.6 Å².